The van der Waals surface area contributed by atoms with E-state index in [1.165, 1.54) is 44.9 Å². The molecule has 0 unspecified atom stereocenters. The van der Waals surface area contributed by atoms with Crippen molar-refractivity contribution in [3.63, 3.8) is 0 Å². The second kappa shape index (κ2) is 11.9. The van der Waals surface area contributed by atoms with Crippen molar-refractivity contribution >= 4 is 17.9 Å². The molecule has 1 N–H and O–H groups in total. The monoisotopic (exact) mass is 317 g/mol. The molecule has 1 rings (SSSR count). The maximum atomic E-state index is 11.9. The number of hydrogen-bond acceptors (Lipinski definition) is 2. The molecule has 1 aromatic rings. The van der Waals surface area contributed by atoms with Gasteiger partial charge in [0.15, 0.2) is 0 Å². The Morgan fingerprint density at radius 3 is 2.17 bits per heavy atom. The lowest BCUT2D eigenvalue weighted by Gasteiger charge is -2.09. The first-order valence-corrected chi connectivity index (χ1v) is 9.03. The molecular formula is C20H31NO2. The zero-order valence-corrected chi connectivity index (χ0v) is 14.7. The highest BCUT2D eigenvalue weighted by Crippen LogP contribution is 2.16. The number of hydrogen-bond donors (Lipinski definition) is 1. The van der Waals surface area contributed by atoms with E-state index in [2.05, 4.69) is 12.2 Å². The molecule has 0 radical (unpaired) electrons. The lowest BCUT2D eigenvalue weighted by atomic mass is 10.1. The fraction of sp³-hybridized carbons (Fsp3) is 0.600. The second-order valence-corrected chi connectivity index (χ2v) is 6.32. The van der Waals surface area contributed by atoms with Gasteiger partial charge in [0.25, 0.3) is 0 Å². The standard InChI is InChI=1S/C20H31NO2/c1-3-4-5-6-7-8-9-10-11-12-20(23)21-19-14-13-18(16-22)15-17(19)2/h13-16H,3-12H2,1-2H3,(H,21,23). The topological polar surface area (TPSA) is 46.2 Å². The van der Waals surface area contributed by atoms with Crippen molar-refractivity contribution in [2.45, 2.75) is 78.1 Å². The number of benzene rings is 1. The molecule has 1 aromatic carbocycles. The fourth-order valence-electron chi connectivity index (χ4n) is 2.71. The minimum atomic E-state index is 0.0647. The highest BCUT2D eigenvalue weighted by atomic mass is 16.1. The van der Waals surface area contributed by atoms with E-state index < -0.39 is 0 Å². The molecular weight excluding hydrogens is 286 g/mol. The van der Waals surface area contributed by atoms with Gasteiger partial charge in [-0.25, -0.2) is 0 Å². The Bertz CT molecular complexity index is 483. The molecule has 3 nitrogen and oxygen atoms in total. The summed E-state index contributed by atoms with van der Waals surface area (Å²) in [6.07, 6.45) is 12.7. The Morgan fingerprint density at radius 2 is 1.61 bits per heavy atom. The summed E-state index contributed by atoms with van der Waals surface area (Å²) in [5.74, 6) is 0.0647. The number of carbonyl (C=O) groups excluding carboxylic acids is 2. The predicted molar refractivity (Wildman–Crippen MR) is 97.0 cm³/mol. The number of unbranched alkanes of at least 4 members (excludes halogenated alkanes) is 8. The van der Waals surface area contributed by atoms with Gasteiger partial charge in [-0.1, -0.05) is 58.3 Å². The van der Waals surface area contributed by atoms with Crippen LogP contribution in [0.25, 0.3) is 0 Å². The quantitative estimate of drug-likeness (QED) is 0.399. The first-order chi connectivity index (χ1) is 11.2. The summed E-state index contributed by atoms with van der Waals surface area (Å²) in [5.41, 5.74) is 2.37. The molecule has 0 aliphatic heterocycles. The molecule has 0 saturated heterocycles. The molecule has 3 heteroatoms. The molecule has 0 aliphatic carbocycles. The van der Waals surface area contributed by atoms with Crippen LogP contribution in [0, 0.1) is 6.92 Å². The van der Waals surface area contributed by atoms with Crippen molar-refractivity contribution in [2.24, 2.45) is 0 Å². The van der Waals surface area contributed by atoms with Gasteiger partial charge in [0.1, 0.15) is 6.29 Å². The highest BCUT2D eigenvalue weighted by molar-refractivity contribution is 5.92. The Kier molecular flexibility index (Phi) is 10.0. The molecule has 0 atom stereocenters. The summed E-state index contributed by atoms with van der Waals surface area (Å²) in [5, 5.41) is 2.93. The number of anilines is 1. The SMILES string of the molecule is CCCCCCCCCCCC(=O)Nc1ccc(C=O)cc1C. The zero-order chi connectivity index (χ0) is 16.9. The molecule has 128 valence electrons. The normalized spacial score (nSPS) is 10.5. The molecule has 0 spiro atoms. The van der Waals surface area contributed by atoms with E-state index >= 15 is 0 Å². The molecule has 0 fully saturated rings. The van der Waals surface area contributed by atoms with Crippen molar-refractivity contribution < 1.29 is 9.59 Å². The zero-order valence-electron chi connectivity index (χ0n) is 14.7. The van der Waals surface area contributed by atoms with E-state index in [9.17, 15) is 9.59 Å². The summed E-state index contributed by atoms with van der Waals surface area (Å²) < 4.78 is 0. The van der Waals surface area contributed by atoms with Gasteiger partial charge in [0.2, 0.25) is 5.91 Å². The van der Waals surface area contributed by atoms with Crippen molar-refractivity contribution in [2.75, 3.05) is 5.32 Å². The highest BCUT2D eigenvalue weighted by Gasteiger charge is 2.05. The molecule has 1 amide bonds. The van der Waals surface area contributed by atoms with E-state index in [1.807, 2.05) is 6.92 Å². The van der Waals surface area contributed by atoms with Gasteiger partial charge in [-0.2, -0.15) is 0 Å². The summed E-state index contributed by atoms with van der Waals surface area (Å²) >= 11 is 0. The van der Waals surface area contributed by atoms with Crippen LogP contribution in [0.15, 0.2) is 18.2 Å². The van der Waals surface area contributed by atoms with Gasteiger partial charge in [0, 0.05) is 17.7 Å². The van der Waals surface area contributed by atoms with Crippen LogP contribution >= 0.6 is 0 Å². The van der Waals surface area contributed by atoms with Crippen molar-refractivity contribution in [3.05, 3.63) is 29.3 Å². The van der Waals surface area contributed by atoms with Gasteiger partial charge in [-0.05, 0) is 37.1 Å². The van der Waals surface area contributed by atoms with Crippen LogP contribution in [-0.2, 0) is 4.79 Å². The Labute approximate surface area is 140 Å². The van der Waals surface area contributed by atoms with Crippen LogP contribution in [0.1, 0.15) is 87.1 Å². The van der Waals surface area contributed by atoms with Crippen molar-refractivity contribution in [1.82, 2.24) is 0 Å². The van der Waals surface area contributed by atoms with Crippen molar-refractivity contribution in [3.8, 4) is 0 Å². The van der Waals surface area contributed by atoms with Crippen LogP contribution in [0.4, 0.5) is 5.69 Å². The van der Waals surface area contributed by atoms with E-state index in [0.717, 1.165) is 30.4 Å². The Morgan fingerprint density at radius 1 is 1.00 bits per heavy atom. The van der Waals surface area contributed by atoms with E-state index in [0.29, 0.717) is 12.0 Å². The fourth-order valence-corrected chi connectivity index (χ4v) is 2.71. The maximum absolute atomic E-state index is 11.9. The second-order valence-electron chi connectivity index (χ2n) is 6.32. The van der Waals surface area contributed by atoms with Gasteiger partial charge in [-0.3, -0.25) is 9.59 Å². The summed E-state index contributed by atoms with van der Waals surface area (Å²) in [7, 11) is 0. The molecule has 0 bridgehead atoms. The largest absolute Gasteiger partial charge is 0.326 e. The molecule has 0 aromatic heterocycles. The Hall–Kier alpha value is -1.64. The van der Waals surface area contributed by atoms with E-state index in [4.69, 9.17) is 0 Å². The van der Waals surface area contributed by atoms with Gasteiger partial charge >= 0.3 is 0 Å². The number of aldehydes is 1. The lowest BCUT2D eigenvalue weighted by molar-refractivity contribution is -0.116. The minimum absolute atomic E-state index is 0.0647. The number of amides is 1. The number of nitrogens with one attached hydrogen (secondary N) is 1. The number of carbonyl (C=O) groups is 2. The molecule has 0 aliphatic rings. The molecule has 0 saturated carbocycles. The third-order valence-corrected chi connectivity index (χ3v) is 4.17. The van der Waals surface area contributed by atoms with Crippen molar-refractivity contribution in [1.29, 1.82) is 0 Å². The van der Waals surface area contributed by atoms with Gasteiger partial charge in [0.05, 0.1) is 0 Å². The third-order valence-electron chi connectivity index (χ3n) is 4.17. The van der Waals surface area contributed by atoms with Crippen LogP contribution in [0.3, 0.4) is 0 Å². The first-order valence-electron chi connectivity index (χ1n) is 9.03. The van der Waals surface area contributed by atoms with Crippen LogP contribution in [0.5, 0.6) is 0 Å². The van der Waals surface area contributed by atoms with Gasteiger partial charge in [-0.15, -0.1) is 0 Å². The van der Waals surface area contributed by atoms with Crippen LogP contribution in [0.2, 0.25) is 0 Å². The molecule has 23 heavy (non-hydrogen) atoms. The number of rotatable bonds is 12. The van der Waals surface area contributed by atoms with E-state index in [-0.39, 0.29) is 5.91 Å². The molecule has 0 heterocycles. The smallest absolute Gasteiger partial charge is 0.224 e. The average molecular weight is 317 g/mol. The average Bonchev–Trinajstić information content (AvgIpc) is 2.55. The first kappa shape index (κ1) is 19.4. The Balaban J connectivity index is 2.12. The lowest BCUT2D eigenvalue weighted by Crippen LogP contribution is -2.12. The predicted octanol–water partition coefficient (Wildman–Crippen LogP) is 5.67. The van der Waals surface area contributed by atoms with E-state index in [1.54, 1.807) is 18.2 Å². The number of aryl methyl sites for hydroxylation is 1. The summed E-state index contributed by atoms with van der Waals surface area (Å²) in [6.45, 7) is 4.14. The minimum Gasteiger partial charge on any atom is -0.326 e. The van der Waals surface area contributed by atoms with Crippen LogP contribution in [-0.4, -0.2) is 12.2 Å². The maximum Gasteiger partial charge on any atom is 0.224 e. The summed E-state index contributed by atoms with van der Waals surface area (Å²) in [6, 6.07) is 5.32. The van der Waals surface area contributed by atoms with Crippen LogP contribution < -0.4 is 5.32 Å². The third kappa shape index (κ3) is 8.53. The van der Waals surface area contributed by atoms with Gasteiger partial charge < -0.3 is 5.32 Å². The summed E-state index contributed by atoms with van der Waals surface area (Å²) in [4.78, 5) is 22.7.